The molecule has 0 fully saturated rings. The number of allylic oxidation sites excluding steroid dienone is 5. The maximum absolute atomic E-state index is 4.89. The van der Waals surface area contributed by atoms with Crippen molar-refractivity contribution in [2.75, 3.05) is 0 Å². The van der Waals surface area contributed by atoms with Gasteiger partial charge in [-0.05, 0) is 61.6 Å². The lowest BCUT2D eigenvalue weighted by atomic mass is 10.0. The second kappa shape index (κ2) is 10.3. The first-order valence-electron chi connectivity index (χ1n) is 12.9. The number of H-pyrrole nitrogens is 2. The lowest BCUT2D eigenvalue weighted by Crippen LogP contribution is -1.95. The molecule has 0 radical (unpaired) electrons. The van der Waals surface area contributed by atoms with Gasteiger partial charge >= 0.3 is 0 Å². The molecule has 0 spiro atoms. The number of benzene rings is 1. The minimum Gasteiger partial charge on any atom is -0.336 e. The molecule has 0 unspecified atom stereocenters. The van der Waals surface area contributed by atoms with Crippen LogP contribution in [0.2, 0.25) is 0 Å². The van der Waals surface area contributed by atoms with Gasteiger partial charge in [0.15, 0.2) is 11.6 Å². The average molecular weight is 513 g/mol. The van der Waals surface area contributed by atoms with Gasteiger partial charge in [0.2, 0.25) is 0 Å². The summed E-state index contributed by atoms with van der Waals surface area (Å²) in [5, 5.41) is 8.62. The summed E-state index contributed by atoms with van der Waals surface area (Å²) < 4.78 is 1.88. The third-order valence-corrected chi connectivity index (χ3v) is 6.76. The van der Waals surface area contributed by atoms with Crippen molar-refractivity contribution < 1.29 is 0 Å². The third-order valence-electron chi connectivity index (χ3n) is 6.76. The van der Waals surface area contributed by atoms with Crippen LogP contribution in [0.4, 0.5) is 0 Å². The molecule has 0 aliphatic carbocycles. The van der Waals surface area contributed by atoms with Crippen LogP contribution in [-0.2, 0) is 6.42 Å². The Kier molecular flexibility index (Phi) is 6.42. The summed E-state index contributed by atoms with van der Waals surface area (Å²) in [6, 6.07) is 14.5. The zero-order chi connectivity index (χ0) is 26.8. The smallest absolute Gasteiger partial charge is 0.166 e. The monoisotopic (exact) mass is 512 g/mol. The Balaban J connectivity index is 1.35. The molecule has 0 saturated carbocycles. The molecule has 0 aliphatic heterocycles. The summed E-state index contributed by atoms with van der Waals surface area (Å²) in [6.07, 6.45) is 15.3. The molecule has 1 aromatic carbocycles. The van der Waals surface area contributed by atoms with E-state index in [4.69, 9.17) is 9.97 Å². The Morgan fingerprint density at radius 2 is 1.95 bits per heavy atom. The lowest BCUT2D eigenvalue weighted by Gasteiger charge is -2.07. The summed E-state index contributed by atoms with van der Waals surface area (Å²) in [5.74, 6) is 1.37. The number of pyridine rings is 2. The Hall–Kier alpha value is -5.11. The second-order valence-corrected chi connectivity index (χ2v) is 9.38. The highest BCUT2D eigenvalue weighted by Gasteiger charge is 2.17. The van der Waals surface area contributed by atoms with Crippen molar-refractivity contribution in [3.05, 3.63) is 115 Å². The van der Waals surface area contributed by atoms with Crippen molar-refractivity contribution in [2.45, 2.75) is 26.7 Å². The van der Waals surface area contributed by atoms with E-state index in [1.165, 1.54) is 5.56 Å². The van der Waals surface area contributed by atoms with Gasteiger partial charge in [-0.2, -0.15) is 5.10 Å². The molecular weight excluding hydrogens is 484 g/mol. The molecule has 2 N–H and O–H groups in total. The summed E-state index contributed by atoms with van der Waals surface area (Å²) in [5.41, 5.74) is 8.46. The first kappa shape index (κ1) is 24.2. The van der Waals surface area contributed by atoms with E-state index in [1.54, 1.807) is 12.5 Å². The zero-order valence-electron chi connectivity index (χ0n) is 21.9. The Labute approximate surface area is 225 Å². The topological polar surface area (TPSA) is 101 Å². The number of nitrogens with zero attached hydrogens (tertiary/aromatic N) is 6. The number of aromatic amines is 2. The van der Waals surface area contributed by atoms with Gasteiger partial charge in [0.05, 0.1) is 28.6 Å². The number of aromatic nitrogens is 8. The van der Waals surface area contributed by atoms with Crippen LogP contribution < -0.4 is 0 Å². The summed E-state index contributed by atoms with van der Waals surface area (Å²) in [4.78, 5) is 21.9. The van der Waals surface area contributed by atoms with Crippen molar-refractivity contribution in [1.82, 2.24) is 39.7 Å². The Bertz CT molecular complexity index is 1850. The highest BCUT2D eigenvalue weighted by atomic mass is 15.2. The number of hydrogen-bond donors (Lipinski definition) is 2. The van der Waals surface area contributed by atoms with E-state index in [0.29, 0.717) is 11.6 Å². The van der Waals surface area contributed by atoms with Gasteiger partial charge in [0, 0.05) is 17.8 Å². The Morgan fingerprint density at radius 3 is 2.72 bits per heavy atom. The highest BCUT2D eigenvalue weighted by Crippen LogP contribution is 2.30. The van der Waals surface area contributed by atoms with Gasteiger partial charge in [0.25, 0.3) is 0 Å². The number of hydrogen-bond acceptors (Lipinski definition) is 5. The van der Waals surface area contributed by atoms with Crippen LogP contribution in [0.25, 0.3) is 44.8 Å². The van der Waals surface area contributed by atoms with Crippen LogP contribution in [0, 0.1) is 6.92 Å². The van der Waals surface area contributed by atoms with Crippen molar-refractivity contribution in [2.24, 2.45) is 0 Å². The van der Waals surface area contributed by atoms with Crippen LogP contribution in [-0.4, -0.2) is 39.7 Å². The van der Waals surface area contributed by atoms with Crippen molar-refractivity contribution in [3.63, 3.8) is 0 Å². The van der Waals surface area contributed by atoms with Crippen molar-refractivity contribution in [3.8, 4) is 17.3 Å². The van der Waals surface area contributed by atoms with Crippen LogP contribution in [0.15, 0.2) is 97.8 Å². The largest absolute Gasteiger partial charge is 0.336 e. The number of imidazole rings is 2. The van der Waals surface area contributed by atoms with E-state index in [1.807, 2.05) is 49.0 Å². The number of nitrogens with one attached hydrogen (secondary N) is 2. The van der Waals surface area contributed by atoms with E-state index >= 15 is 0 Å². The molecule has 0 atom stereocenters. The molecule has 5 aromatic heterocycles. The van der Waals surface area contributed by atoms with Crippen LogP contribution >= 0.6 is 0 Å². The first-order valence-corrected chi connectivity index (χ1v) is 12.9. The van der Waals surface area contributed by atoms with E-state index in [-0.39, 0.29) is 0 Å². The van der Waals surface area contributed by atoms with Gasteiger partial charge in [-0.1, -0.05) is 49.1 Å². The minimum atomic E-state index is 0.659. The highest BCUT2D eigenvalue weighted by molar-refractivity contribution is 5.95. The van der Waals surface area contributed by atoms with E-state index in [0.717, 1.165) is 63.0 Å². The molecular formula is C31H28N8. The molecule has 0 aliphatic rings. The van der Waals surface area contributed by atoms with Crippen molar-refractivity contribution >= 4 is 27.5 Å². The van der Waals surface area contributed by atoms with Crippen LogP contribution in [0.5, 0.6) is 0 Å². The molecule has 8 heteroatoms. The molecule has 39 heavy (non-hydrogen) atoms. The molecule has 5 heterocycles. The predicted octanol–water partition coefficient (Wildman–Crippen LogP) is 6.54. The fraction of sp³-hybridized carbons (Fsp3) is 0.129. The van der Waals surface area contributed by atoms with Crippen LogP contribution in [0.1, 0.15) is 30.3 Å². The first-order chi connectivity index (χ1) is 19.1. The van der Waals surface area contributed by atoms with E-state index in [9.17, 15) is 0 Å². The molecule has 8 nitrogen and oxygen atoms in total. The fourth-order valence-electron chi connectivity index (χ4n) is 4.69. The second-order valence-electron chi connectivity index (χ2n) is 9.38. The summed E-state index contributed by atoms with van der Waals surface area (Å²) in [7, 11) is 0. The SMILES string of the molecule is C=C/C(=C\C(=C/C)c1cc2c(-c3nc4c(-n5cnc(C)c5)nccc4[nH]3)n[nH]c2cn1)CCc1ccccc1. The van der Waals surface area contributed by atoms with E-state index in [2.05, 4.69) is 74.2 Å². The predicted molar refractivity (Wildman–Crippen MR) is 155 cm³/mol. The molecule has 0 amide bonds. The van der Waals surface area contributed by atoms with Gasteiger partial charge in [-0.25, -0.2) is 15.0 Å². The zero-order valence-corrected chi connectivity index (χ0v) is 21.9. The molecule has 0 bridgehead atoms. The number of rotatable bonds is 8. The maximum Gasteiger partial charge on any atom is 0.166 e. The quantitative estimate of drug-likeness (QED) is 0.226. The van der Waals surface area contributed by atoms with Gasteiger partial charge in [-0.15, -0.1) is 0 Å². The lowest BCUT2D eigenvalue weighted by molar-refractivity contribution is 0.966. The maximum atomic E-state index is 4.89. The minimum absolute atomic E-state index is 0.659. The number of fused-ring (bicyclic) bond motifs is 2. The van der Waals surface area contributed by atoms with Crippen LogP contribution in [0.3, 0.4) is 0 Å². The van der Waals surface area contributed by atoms with Gasteiger partial charge < -0.3 is 4.98 Å². The van der Waals surface area contributed by atoms with Gasteiger partial charge in [0.1, 0.15) is 17.5 Å². The molecule has 192 valence electrons. The van der Waals surface area contributed by atoms with Gasteiger partial charge in [-0.3, -0.25) is 14.6 Å². The normalized spacial score (nSPS) is 12.5. The van der Waals surface area contributed by atoms with E-state index < -0.39 is 0 Å². The van der Waals surface area contributed by atoms with Crippen molar-refractivity contribution in [1.29, 1.82) is 0 Å². The Morgan fingerprint density at radius 1 is 1.08 bits per heavy atom. The molecule has 0 saturated heterocycles. The summed E-state index contributed by atoms with van der Waals surface area (Å²) >= 11 is 0. The standard InChI is InChI=1S/C31H28N8/c1-4-21(11-12-22-9-7-6-8-10-22)15-23(5-2)26-16-24-27(17-33-26)37-38-28(24)30-35-25-13-14-32-31(29(25)36-30)39-18-20(3)34-19-39/h4-10,13-19H,1,11-12H2,2-3H3,(H,35,36)(H,37,38)/b21-15+,23-5+. The average Bonchev–Trinajstić information content (AvgIpc) is 3.71. The summed E-state index contributed by atoms with van der Waals surface area (Å²) in [6.45, 7) is 8.02. The molecule has 6 aromatic rings. The molecule has 6 rings (SSSR count). The third kappa shape index (κ3) is 4.80. The number of aryl methyl sites for hydroxylation is 2. The fourth-order valence-corrected chi connectivity index (χ4v) is 4.69.